The first-order valence-electron chi connectivity index (χ1n) is 8.90. The second kappa shape index (κ2) is 9.75. The molecule has 6 heteroatoms. The molecule has 0 aliphatic rings. The zero-order valence-corrected chi connectivity index (χ0v) is 15.9. The second-order valence-electron chi connectivity index (χ2n) is 5.87. The maximum Gasteiger partial charge on any atom is 0.335 e. The van der Waals surface area contributed by atoms with Crippen molar-refractivity contribution >= 4 is 11.9 Å². The van der Waals surface area contributed by atoms with Crippen LogP contribution in [0, 0.1) is 0 Å². The van der Waals surface area contributed by atoms with Crippen molar-refractivity contribution in [3.05, 3.63) is 98.1 Å². The van der Waals surface area contributed by atoms with Crippen molar-refractivity contribution in [1.29, 1.82) is 0 Å². The molecule has 0 amide bonds. The SMILES string of the molecule is C=CC(=O)Oc1ccc(Oc2ccc(Oc3ccc(OC(=O)C=C)cc3)cc2)cc1. The molecule has 0 radical (unpaired) electrons. The molecule has 30 heavy (non-hydrogen) atoms. The summed E-state index contributed by atoms with van der Waals surface area (Å²) in [4.78, 5) is 22.4. The quantitative estimate of drug-likeness (QED) is 0.283. The van der Waals surface area contributed by atoms with Crippen molar-refractivity contribution in [2.45, 2.75) is 0 Å². The van der Waals surface area contributed by atoms with E-state index in [1.165, 1.54) is 0 Å². The largest absolute Gasteiger partial charge is 0.457 e. The molecular formula is C24H18O6. The molecule has 0 heterocycles. The minimum atomic E-state index is -0.522. The van der Waals surface area contributed by atoms with Gasteiger partial charge in [-0.1, -0.05) is 13.2 Å². The van der Waals surface area contributed by atoms with Crippen LogP contribution in [-0.2, 0) is 9.59 Å². The van der Waals surface area contributed by atoms with E-state index in [0.717, 1.165) is 12.2 Å². The van der Waals surface area contributed by atoms with Crippen LogP contribution < -0.4 is 18.9 Å². The third kappa shape index (κ3) is 5.84. The second-order valence-corrected chi connectivity index (χ2v) is 5.87. The highest BCUT2D eigenvalue weighted by molar-refractivity contribution is 5.83. The lowest BCUT2D eigenvalue weighted by Gasteiger charge is -2.09. The van der Waals surface area contributed by atoms with E-state index in [1.54, 1.807) is 72.8 Å². The summed E-state index contributed by atoms with van der Waals surface area (Å²) < 4.78 is 21.6. The van der Waals surface area contributed by atoms with Gasteiger partial charge in [-0.15, -0.1) is 0 Å². The first-order valence-corrected chi connectivity index (χ1v) is 8.90. The molecule has 0 bridgehead atoms. The predicted molar refractivity (Wildman–Crippen MR) is 111 cm³/mol. The Kier molecular flexibility index (Phi) is 6.63. The molecule has 0 aromatic heterocycles. The lowest BCUT2D eigenvalue weighted by Crippen LogP contribution is -2.02. The molecule has 0 saturated heterocycles. The fourth-order valence-electron chi connectivity index (χ4n) is 2.31. The number of carbonyl (C=O) groups excluding carboxylic acids is 2. The number of hydrogen-bond donors (Lipinski definition) is 0. The van der Waals surface area contributed by atoms with Gasteiger partial charge in [-0.25, -0.2) is 9.59 Å². The van der Waals surface area contributed by atoms with Crippen LogP contribution in [0.15, 0.2) is 98.1 Å². The van der Waals surface area contributed by atoms with Crippen LogP contribution in [0.25, 0.3) is 0 Å². The molecule has 6 nitrogen and oxygen atoms in total. The smallest absolute Gasteiger partial charge is 0.335 e. The van der Waals surface area contributed by atoms with Crippen molar-refractivity contribution in [3.63, 3.8) is 0 Å². The molecule has 0 aliphatic carbocycles. The summed E-state index contributed by atoms with van der Waals surface area (Å²) in [6.07, 6.45) is 2.19. The summed E-state index contributed by atoms with van der Waals surface area (Å²) in [7, 11) is 0. The van der Waals surface area contributed by atoms with Crippen LogP contribution in [0.5, 0.6) is 34.5 Å². The average molecular weight is 402 g/mol. The van der Waals surface area contributed by atoms with E-state index >= 15 is 0 Å². The molecule has 0 spiro atoms. The number of rotatable bonds is 8. The van der Waals surface area contributed by atoms with E-state index < -0.39 is 11.9 Å². The van der Waals surface area contributed by atoms with Crippen LogP contribution in [-0.4, -0.2) is 11.9 Å². The zero-order valence-electron chi connectivity index (χ0n) is 15.9. The summed E-state index contributed by atoms with van der Waals surface area (Å²) >= 11 is 0. The summed E-state index contributed by atoms with van der Waals surface area (Å²) in [5.74, 6) is 2.18. The third-order valence-electron chi connectivity index (χ3n) is 3.71. The average Bonchev–Trinajstić information content (AvgIpc) is 2.77. The molecule has 0 atom stereocenters. The van der Waals surface area contributed by atoms with Crippen molar-refractivity contribution < 1.29 is 28.5 Å². The third-order valence-corrected chi connectivity index (χ3v) is 3.71. The Hall–Kier alpha value is -4.32. The fourth-order valence-corrected chi connectivity index (χ4v) is 2.31. The van der Waals surface area contributed by atoms with Crippen LogP contribution >= 0.6 is 0 Å². The highest BCUT2D eigenvalue weighted by atomic mass is 16.5. The van der Waals surface area contributed by atoms with E-state index in [2.05, 4.69) is 13.2 Å². The number of ether oxygens (including phenoxy) is 4. The molecule has 3 aromatic carbocycles. The predicted octanol–water partition coefficient (Wildman–Crippen LogP) is 5.45. The van der Waals surface area contributed by atoms with Crippen LogP contribution in [0.3, 0.4) is 0 Å². The molecule has 0 aliphatic heterocycles. The van der Waals surface area contributed by atoms with Gasteiger partial charge >= 0.3 is 11.9 Å². The van der Waals surface area contributed by atoms with E-state index in [9.17, 15) is 9.59 Å². The number of carbonyl (C=O) groups is 2. The van der Waals surface area contributed by atoms with Crippen LogP contribution in [0.1, 0.15) is 0 Å². The summed E-state index contributed by atoms with van der Waals surface area (Å²) in [5.41, 5.74) is 0. The molecule has 3 aromatic rings. The molecule has 3 rings (SSSR count). The Morgan fingerprint density at radius 2 is 0.733 bits per heavy atom. The van der Waals surface area contributed by atoms with E-state index in [0.29, 0.717) is 34.5 Å². The van der Waals surface area contributed by atoms with E-state index in [1.807, 2.05) is 0 Å². The number of benzene rings is 3. The lowest BCUT2D eigenvalue weighted by molar-refractivity contribution is -0.129. The molecule has 0 saturated carbocycles. The zero-order chi connectivity index (χ0) is 21.3. The summed E-state index contributed by atoms with van der Waals surface area (Å²) in [6.45, 7) is 6.70. The van der Waals surface area contributed by atoms with Gasteiger partial charge in [0.25, 0.3) is 0 Å². The standard InChI is InChI=1S/C24H18O6/c1-3-23(25)29-21-13-9-19(10-14-21)27-17-5-7-18(8-6-17)28-20-11-15-22(16-12-20)30-24(26)4-2/h3-16H,1-2H2. The highest BCUT2D eigenvalue weighted by Gasteiger charge is 2.04. The van der Waals surface area contributed by atoms with Crippen LogP contribution in [0.2, 0.25) is 0 Å². The van der Waals surface area contributed by atoms with Gasteiger partial charge in [0, 0.05) is 12.2 Å². The van der Waals surface area contributed by atoms with Crippen molar-refractivity contribution in [2.24, 2.45) is 0 Å². The minimum absolute atomic E-state index is 0.404. The summed E-state index contributed by atoms with van der Waals surface area (Å²) in [6, 6.07) is 20.3. The fraction of sp³-hybridized carbons (Fsp3) is 0. The van der Waals surface area contributed by atoms with Gasteiger partial charge in [-0.3, -0.25) is 0 Å². The number of hydrogen-bond acceptors (Lipinski definition) is 6. The first-order chi connectivity index (χ1) is 14.6. The normalized spacial score (nSPS) is 9.87. The van der Waals surface area contributed by atoms with E-state index in [-0.39, 0.29) is 0 Å². The van der Waals surface area contributed by atoms with Crippen molar-refractivity contribution in [1.82, 2.24) is 0 Å². The Morgan fingerprint density at radius 3 is 0.967 bits per heavy atom. The Labute approximate surface area is 173 Å². The molecule has 0 fully saturated rings. The van der Waals surface area contributed by atoms with E-state index in [4.69, 9.17) is 18.9 Å². The van der Waals surface area contributed by atoms with Gasteiger partial charge in [-0.05, 0) is 72.8 Å². The highest BCUT2D eigenvalue weighted by Crippen LogP contribution is 2.28. The topological polar surface area (TPSA) is 71.1 Å². The lowest BCUT2D eigenvalue weighted by atomic mass is 10.3. The first kappa shape index (κ1) is 20.4. The molecule has 150 valence electrons. The summed E-state index contributed by atoms with van der Waals surface area (Å²) in [5, 5.41) is 0. The van der Waals surface area contributed by atoms with Gasteiger partial charge < -0.3 is 18.9 Å². The Balaban J connectivity index is 1.57. The van der Waals surface area contributed by atoms with Gasteiger partial charge in [-0.2, -0.15) is 0 Å². The number of esters is 2. The Morgan fingerprint density at radius 1 is 0.500 bits per heavy atom. The maximum atomic E-state index is 11.2. The molecule has 0 unspecified atom stereocenters. The van der Waals surface area contributed by atoms with Gasteiger partial charge in [0.15, 0.2) is 0 Å². The van der Waals surface area contributed by atoms with Crippen LogP contribution in [0.4, 0.5) is 0 Å². The molecular weight excluding hydrogens is 384 g/mol. The van der Waals surface area contributed by atoms with Gasteiger partial charge in [0.2, 0.25) is 0 Å². The molecule has 0 N–H and O–H groups in total. The van der Waals surface area contributed by atoms with Crippen molar-refractivity contribution in [2.75, 3.05) is 0 Å². The van der Waals surface area contributed by atoms with Gasteiger partial charge in [0.1, 0.15) is 34.5 Å². The minimum Gasteiger partial charge on any atom is -0.457 e. The monoisotopic (exact) mass is 402 g/mol. The maximum absolute atomic E-state index is 11.2. The Bertz CT molecular complexity index is 948. The van der Waals surface area contributed by atoms with Gasteiger partial charge in [0.05, 0.1) is 0 Å². The van der Waals surface area contributed by atoms with Crippen molar-refractivity contribution in [3.8, 4) is 34.5 Å².